The van der Waals surface area contributed by atoms with Crippen LogP contribution >= 0.6 is 15.9 Å². The van der Waals surface area contributed by atoms with Crippen LogP contribution in [0.4, 0.5) is 5.82 Å². The number of likely N-dealkylation sites (N-methyl/N-ethyl adjacent to an activating group) is 1. The van der Waals surface area contributed by atoms with E-state index in [1.165, 1.54) is 0 Å². The van der Waals surface area contributed by atoms with Crippen molar-refractivity contribution >= 4 is 27.7 Å². The lowest BCUT2D eigenvalue weighted by Gasteiger charge is -2.38. The molecule has 3 heterocycles. The lowest BCUT2D eigenvalue weighted by atomic mass is 10.0. The first-order chi connectivity index (χ1) is 11.1. The summed E-state index contributed by atoms with van der Waals surface area (Å²) in [5.41, 5.74) is 0.631. The van der Waals surface area contributed by atoms with Gasteiger partial charge in [0.2, 0.25) is 0 Å². The van der Waals surface area contributed by atoms with Crippen molar-refractivity contribution < 1.29 is 4.79 Å². The van der Waals surface area contributed by atoms with Gasteiger partial charge >= 0.3 is 0 Å². The number of piperidine rings is 1. The molecule has 6 nitrogen and oxygen atoms in total. The molecule has 1 fully saturated rings. The van der Waals surface area contributed by atoms with Crippen molar-refractivity contribution in [2.75, 3.05) is 25.0 Å². The lowest BCUT2D eigenvalue weighted by Crippen LogP contribution is -2.49. The zero-order chi connectivity index (χ0) is 16.4. The number of amides is 1. The molecule has 2 aromatic rings. The van der Waals surface area contributed by atoms with Gasteiger partial charge in [-0.15, -0.1) is 0 Å². The van der Waals surface area contributed by atoms with Gasteiger partial charge in [-0.1, -0.05) is 0 Å². The quantitative estimate of drug-likeness (QED) is 0.823. The second-order valence-electron chi connectivity index (χ2n) is 5.87. The van der Waals surface area contributed by atoms with Crippen molar-refractivity contribution in [3.05, 3.63) is 40.8 Å². The predicted molar refractivity (Wildman–Crippen MR) is 92.5 cm³/mol. The van der Waals surface area contributed by atoms with Crippen molar-refractivity contribution in [2.24, 2.45) is 7.05 Å². The van der Waals surface area contributed by atoms with Crippen LogP contribution in [-0.4, -0.2) is 51.8 Å². The number of carbonyl (C=O) groups is 1. The first-order valence-electron chi connectivity index (χ1n) is 7.67. The molecule has 0 N–H and O–H groups in total. The highest BCUT2D eigenvalue weighted by molar-refractivity contribution is 9.10. The monoisotopic (exact) mass is 377 g/mol. The summed E-state index contributed by atoms with van der Waals surface area (Å²) in [6.45, 7) is 1.75. The average Bonchev–Trinajstić information content (AvgIpc) is 3.00. The van der Waals surface area contributed by atoms with Crippen LogP contribution in [0.2, 0.25) is 0 Å². The van der Waals surface area contributed by atoms with Crippen molar-refractivity contribution in [1.29, 1.82) is 0 Å². The zero-order valence-electron chi connectivity index (χ0n) is 13.3. The number of nitrogens with zero attached hydrogens (tertiary/aromatic N) is 5. The molecule has 0 aliphatic carbocycles. The van der Waals surface area contributed by atoms with Crippen LogP contribution in [0.3, 0.4) is 0 Å². The Balaban J connectivity index is 1.73. The summed E-state index contributed by atoms with van der Waals surface area (Å²) in [7, 11) is 3.69. The third kappa shape index (κ3) is 3.39. The minimum Gasteiger partial charge on any atom is -0.354 e. The molecule has 0 saturated carbocycles. The Labute approximate surface area is 144 Å². The van der Waals surface area contributed by atoms with Crippen LogP contribution in [0.5, 0.6) is 0 Å². The Morgan fingerprint density at radius 3 is 3.00 bits per heavy atom. The minimum absolute atomic E-state index is 0.0186. The van der Waals surface area contributed by atoms with Crippen molar-refractivity contribution in [2.45, 2.75) is 18.9 Å². The van der Waals surface area contributed by atoms with Crippen molar-refractivity contribution in [3.8, 4) is 0 Å². The fourth-order valence-corrected chi connectivity index (χ4v) is 3.48. The number of rotatable bonds is 3. The van der Waals surface area contributed by atoms with Crippen molar-refractivity contribution in [3.63, 3.8) is 0 Å². The molecule has 122 valence electrons. The maximum atomic E-state index is 12.6. The highest BCUT2D eigenvalue weighted by Crippen LogP contribution is 2.27. The van der Waals surface area contributed by atoms with Gasteiger partial charge in [0, 0.05) is 45.6 Å². The van der Waals surface area contributed by atoms with Gasteiger partial charge in [0.05, 0.1) is 16.2 Å². The number of aryl methyl sites for hydroxylation is 1. The second-order valence-corrected chi connectivity index (χ2v) is 6.72. The van der Waals surface area contributed by atoms with E-state index in [0.717, 1.165) is 36.2 Å². The largest absolute Gasteiger partial charge is 0.354 e. The Morgan fingerprint density at radius 1 is 1.48 bits per heavy atom. The summed E-state index contributed by atoms with van der Waals surface area (Å²) in [4.78, 5) is 21.1. The van der Waals surface area contributed by atoms with Gasteiger partial charge in [-0.25, -0.2) is 4.98 Å². The molecule has 0 spiro atoms. The molecule has 1 amide bonds. The van der Waals surface area contributed by atoms with E-state index in [1.54, 1.807) is 23.3 Å². The zero-order valence-corrected chi connectivity index (χ0v) is 14.9. The number of hydrogen-bond acceptors (Lipinski definition) is 4. The van der Waals surface area contributed by atoms with E-state index < -0.39 is 0 Å². The molecule has 1 saturated heterocycles. The summed E-state index contributed by atoms with van der Waals surface area (Å²) in [5, 5.41) is 4.08. The van der Waals surface area contributed by atoms with Crippen LogP contribution in [0.25, 0.3) is 0 Å². The van der Waals surface area contributed by atoms with Crippen LogP contribution in [0.1, 0.15) is 23.2 Å². The van der Waals surface area contributed by atoms with E-state index in [-0.39, 0.29) is 11.9 Å². The fraction of sp³-hybridized carbons (Fsp3) is 0.438. The molecule has 0 bridgehead atoms. The first kappa shape index (κ1) is 16.0. The number of pyridine rings is 1. The molecule has 1 atom stereocenters. The highest BCUT2D eigenvalue weighted by Gasteiger charge is 2.28. The van der Waals surface area contributed by atoms with E-state index in [4.69, 9.17) is 0 Å². The van der Waals surface area contributed by atoms with Gasteiger partial charge in [0.15, 0.2) is 0 Å². The molecule has 2 aromatic heterocycles. The summed E-state index contributed by atoms with van der Waals surface area (Å²) < 4.78 is 2.64. The first-order valence-corrected chi connectivity index (χ1v) is 8.47. The van der Waals surface area contributed by atoms with Gasteiger partial charge in [0.1, 0.15) is 5.82 Å². The van der Waals surface area contributed by atoms with Gasteiger partial charge in [-0.3, -0.25) is 9.48 Å². The third-order valence-electron chi connectivity index (χ3n) is 4.25. The van der Waals surface area contributed by atoms with Crippen LogP contribution in [-0.2, 0) is 7.05 Å². The highest BCUT2D eigenvalue weighted by atomic mass is 79.9. The molecule has 1 aliphatic rings. The van der Waals surface area contributed by atoms with Crippen LogP contribution in [0, 0.1) is 0 Å². The molecule has 0 aromatic carbocycles. The Kier molecular flexibility index (Phi) is 4.66. The van der Waals surface area contributed by atoms with E-state index in [0.29, 0.717) is 5.56 Å². The third-order valence-corrected chi connectivity index (χ3v) is 4.87. The van der Waals surface area contributed by atoms with Gasteiger partial charge in [-0.05, 0) is 40.9 Å². The topological polar surface area (TPSA) is 54.3 Å². The SMILES string of the molecule is CN(C(=O)c1cnn(C)c1)C1CCCN(c2ncccc2Br)C1. The fourth-order valence-electron chi connectivity index (χ4n) is 2.97. The maximum Gasteiger partial charge on any atom is 0.257 e. The normalized spacial score (nSPS) is 18.0. The van der Waals surface area contributed by atoms with Gasteiger partial charge in [-0.2, -0.15) is 5.10 Å². The minimum atomic E-state index is 0.0186. The molecule has 1 unspecified atom stereocenters. The molecule has 0 radical (unpaired) electrons. The maximum absolute atomic E-state index is 12.6. The summed E-state index contributed by atoms with van der Waals surface area (Å²) in [6.07, 6.45) is 7.22. The van der Waals surface area contributed by atoms with E-state index in [1.807, 2.05) is 31.1 Å². The van der Waals surface area contributed by atoms with E-state index in [9.17, 15) is 4.79 Å². The summed E-state index contributed by atoms with van der Waals surface area (Å²) >= 11 is 3.56. The van der Waals surface area contributed by atoms with Gasteiger partial charge in [0.25, 0.3) is 5.91 Å². The van der Waals surface area contributed by atoms with E-state index >= 15 is 0 Å². The Morgan fingerprint density at radius 2 is 2.30 bits per heavy atom. The molecule has 1 aliphatic heterocycles. The predicted octanol–water partition coefficient (Wildman–Crippen LogP) is 2.32. The smallest absolute Gasteiger partial charge is 0.257 e. The van der Waals surface area contributed by atoms with Gasteiger partial charge < -0.3 is 9.80 Å². The summed E-state index contributed by atoms with van der Waals surface area (Å²) in [6, 6.07) is 4.08. The second kappa shape index (κ2) is 6.70. The number of carbonyl (C=O) groups excluding carboxylic acids is 1. The van der Waals surface area contributed by atoms with E-state index in [2.05, 4.69) is 30.9 Å². The molecular formula is C16H20BrN5O. The Hall–Kier alpha value is -1.89. The Bertz CT molecular complexity index is 701. The number of aromatic nitrogens is 3. The molecular weight excluding hydrogens is 358 g/mol. The van der Waals surface area contributed by atoms with Crippen LogP contribution < -0.4 is 4.90 Å². The average molecular weight is 378 g/mol. The lowest BCUT2D eigenvalue weighted by molar-refractivity contribution is 0.0717. The van der Waals surface area contributed by atoms with Crippen molar-refractivity contribution in [1.82, 2.24) is 19.7 Å². The van der Waals surface area contributed by atoms with Crippen LogP contribution in [0.15, 0.2) is 35.2 Å². The standard InChI is InChI=1S/C16H20BrN5O/c1-20-10-12(9-19-20)16(23)21(2)13-5-4-8-22(11-13)15-14(17)6-3-7-18-15/h3,6-7,9-10,13H,4-5,8,11H2,1-2H3. The number of hydrogen-bond donors (Lipinski definition) is 0. The number of anilines is 1. The summed E-state index contributed by atoms with van der Waals surface area (Å²) in [5.74, 6) is 0.962. The molecule has 23 heavy (non-hydrogen) atoms. The molecule has 7 heteroatoms. The number of halogens is 1. The molecule has 3 rings (SSSR count).